The van der Waals surface area contributed by atoms with Crippen molar-refractivity contribution in [3.63, 3.8) is 0 Å². The fraction of sp³-hybridized carbons (Fsp3) is 0.103. The van der Waals surface area contributed by atoms with E-state index in [2.05, 4.69) is 10.8 Å². The summed E-state index contributed by atoms with van der Waals surface area (Å²) in [5.74, 6) is -0.271. The van der Waals surface area contributed by atoms with Gasteiger partial charge in [-0.25, -0.2) is 0 Å². The van der Waals surface area contributed by atoms with Crippen molar-refractivity contribution in [2.24, 2.45) is 0 Å². The molecule has 5 rings (SSSR count). The first-order valence-corrected chi connectivity index (χ1v) is 11.5. The third-order valence-corrected chi connectivity index (χ3v) is 6.05. The number of methoxy groups -OCH3 is 1. The van der Waals surface area contributed by atoms with Crippen LogP contribution in [0.4, 0.5) is 0 Å². The van der Waals surface area contributed by atoms with E-state index in [1.165, 1.54) is 4.70 Å². The summed E-state index contributed by atoms with van der Waals surface area (Å²) in [6.45, 7) is 0. The SMILES string of the molecule is COC.O=C(c1ccccc1)C(O)c1ccccc1.O=c1cccc2sc3ccccc3cc1-2. The lowest BCUT2D eigenvalue weighted by Crippen LogP contribution is -2.11. The molecule has 0 aromatic heterocycles. The Labute approximate surface area is 203 Å². The lowest BCUT2D eigenvalue weighted by molar-refractivity contribution is 0.0747. The van der Waals surface area contributed by atoms with Gasteiger partial charge >= 0.3 is 0 Å². The summed E-state index contributed by atoms with van der Waals surface area (Å²) >= 11 is 1.67. The highest BCUT2D eigenvalue weighted by Crippen LogP contribution is 2.30. The van der Waals surface area contributed by atoms with E-state index >= 15 is 0 Å². The van der Waals surface area contributed by atoms with E-state index in [1.54, 1.807) is 80.2 Å². The van der Waals surface area contributed by atoms with Crippen molar-refractivity contribution in [2.75, 3.05) is 14.2 Å². The fourth-order valence-electron chi connectivity index (χ4n) is 3.27. The summed E-state index contributed by atoms with van der Waals surface area (Å²) in [6, 6.07) is 33.3. The molecule has 0 saturated heterocycles. The molecule has 34 heavy (non-hydrogen) atoms. The lowest BCUT2D eigenvalue weighted by Gasteiger charge is -2.09. The van der Waals surface area contributed by atoms with Crippen LogP contribution in [0.3, 0.4) is 0 Å². The maximum atomic E-state index is 11.9. The Bertz CT molecular complexity index is 1350. The lowest BCUT2D eigenvalue weighted by atomic mass is 10.0. The number of hydrogen-bond donors (Lipinski definition) is 1. The van der Waals surface area contributed by atoms with Gasteiger partial charge in [-0.3, -0.25) is 9.59 Å². The van der Waals surface area contributed by atoms with Crippen molar-refractivity contribution >= 4 is 27.2 Å². The van der Waals surface area contributed by atoms with Crippen LogP contribution in [0, 0.1) is 0 Å². The minimum Gasteiger partial charge on any atom is -0.388 e. The van der Waals surface area contributed by atoms with Crippen molar-refractivity contribution in [1.29, 1.82) is 0 Å². The van der Waals surface area contributed by atoms with Crippen LogP contribution in [0.5, 0.6) is 0 Å². The predicted octanol–water partition coefficient (Wildman–Crippen LogP) is 6.23. The van der Waals surface area contributed by atoms with Gasteiger partial charge in [-0.05, 0) is 35.2 Å². The Morgan fingerprint density at radius 1 is 0.794 bits per heavy atom. The molecule has 0 amide bonds. The molecule has 2 aliphatic rings. The third kappa shape index (κ3) is 6.45. The second kappa shape index (κ2) is 12.6. The Morgan fingerprint density at radius 2 is 1.38 bits per heavy atom. The maximum Gasteiger partial charge on any atom is 0.195 e. The number of rotatable bonds is 3. The van der Waals surface area contributed by atoms with Crippen molar-refractivity contribution < 1.29 is 14.6 Å². The second-order valence-electron chi connectivity index (χ2n) is 7.40. The van der Waals surface area contributed by atoms with E-state index < -0.39 is 6.10 Å². The molecule has 0 radical (unpaired) electrons. The molecule has 1 aliphatic carbocycles. The molecule has 0 spiro atoms. The van der Waals surface area contributed by atoms with Gasteiger partial charge in [0.1, 0.15) is 6.10 Å². The highest BCUT2D eigenvalue weighted by Gasteiger charge is 2.18. The van der Waals surface area contributed by atoms with E-state index in [-0.39, 0.29) is 11.2 Å². The molecule has 5 heteroatoms. The average molecular weight is 471 g/mol. The van der Waals surface area contributed by atoms with Crippen LogP contribution < -0.4 is 5.43 Å². The second-order valence-corrected chi connectivity index (χ2v) is 8.49. The first kappa shape index (κ1) is 25.0. The number of carbonyl (C=O) groups excluding carboxylic acids is 1. The van der Waals surface area contributed by atoms with Crippen LogP contribution in [0.15, 0.2) is 114 Å². The molecule has 0 saturated carbocycles. The van der Waals surface area contributed by atoms with Gasteiger partial charge in [0.15, 0.2) is 11.2 Å². The molecule has 3 aromatic rings. The van der Waals surface area contributed by atoms with Crippen LogP contribution in [-0.4, -0.2) is 25.1 Å². The topological polar surface area (TPSA) is 63.6 Å². The molecule has 1 atom stereocenters. The number of Topliss-reactive ketones (excluding diaryl/α,β-unsaturated/α-hetero) is 1. The van der Waals surface area contributed by atoms with E-state index in [4.69, 9.17) is 0 Å². The number of carbonyl (C=O) groups is 1. The summed E-state index contributed by atoms with van der Waals surface area (Å²) in [5, 5.41) is 11.0. The van der Waals surface area contributed by atoms with Crippen LogP contribution in [0.25, 0.3) is 20.5 Å². The van der Waals surface area contributed by atoms with Crippen LogP contribution in [0.1, 0.15) is 22.0 Å². The zero-order valence-electron chi connectivity index (χ0n) is 19.0. The molecule has 1 N–H and O–H groups in total. The average Bonchev–Trinajstić information content (AvgIpc) is 2.89. The molecule has 4 nitrogen and oxygen atoms in total. The first-order chi connectivity index (χ1) is 16.5. The van der Waals surface area contributed by atoms with E-state index in [1.807, 2.05) is 48.5 Å². The number of ketones is 1. The minimum absolute atomic E-state index is 0.106. The van der Waals surface area contributed by atoms with Crippen LogP contribution >= 0.6 is 11.3 Å². The summed E-state index contributed by atoms with van der Waals surface area (Å²) in [5.41, 5.74) is 2.07. The van der Waals surface area contributed by atoms with E-state index in [0.29, 0.717) is 11.1 Å². The molecule has 172 valence electrons. The molecule has 0 bridgehead atoms. The number of hydrogen-bond acceptors (Lipinski definition) is 5. The van der Waals surface area contributed by atoms with Crippen LogP contribution in [0.2, 0.25) is 0 Å². The zero-order valence-corrected chi connectivity index (χ0v) is 19.9. The summed E-state index contributed by atoms with van der Waals surface area (Å²) in [6.07, 6.45) is -1.08. The number of fused-ring (bicyclic) bond motifs is 2. The zero-order chi connectivity index (χ0) is 24.3. The molecular weight excluding hydrogens is 444 g/mol. The number of aliphatic hydroxyl groups is 1. The Balaban J connectivity index is 0.000000171. The fourth-order valence-corrected chi connectivity index (χ4v) is 4.31. The minimum atomic E-state index is -1.08. The highest BCUT2D eigenvalue weighted by atomic mass is 32.1. The third-order valence-electron chi connectivity index (χ3n) is 4.89. The normalized spacial score (nSPS) is 11.0. The van der Waals surface area contributed by atoms with Crippen molar-refractivity contribution in [3.05, 3.63) is 131 Å². The Hall–Kier alpha value is -3.64. The monoisotopic (exact) mass is 470 g/mol. The van der Waals surface area contributed by atoms with Crippen molar-refractivity contribution in [2.45, 2.75) is 6.10 Å². The van der Waals surface area contributed by atoms with Gasteiger partial charge in [0, 0.05) is 34.9 Å². The van der Waals surface area contributed by atoms with Gasteiger partial charge < -0.3 is 9.84 Å². The van der Waals surface area contributed by atoms with Gasteiger partial charge in [0.2, 0.25) is 0 Å². The molecule has 1 unspecified atom stereocenters. The summed E-state index contributed by atoms with van der Waals surface area (Å²) in [7, 11) is 3.25. The van der Waals surface area contributed by atoms with E-state index in [9.17, 15) is 14.7 Å². The standard InChI is InChI=1S/C14H12O2.C13H8OS.C2H6O/c15-13(11-7-3-1-4-8-11)14(16)12-9-5-2-6-10-12;14-11-5-3-7-13-10(11)8-9-4-1-2-6-12(9)15-13;1-3-2/h1-10,13,15H;1-8H;1-2H3. The van der Waals surface area contributed by atoms with Gasteiger partial charge in [0.25, 0.3) is 0 Å². The largest absolute Gasteiger partial charge is 0.388 e. The summed E-state index contributed by atoms with van der Waals surface area (Å²) < 4.78 is 5.47. The van der Waals surface area contributed by atoms with Gasteiger partial charge in [-0.2, -0.15) is 0 Å². The van der Waals surface area contributed by atoms with Crippen LogP contribution in [-0.2, 0) is 4.74 Å². The quantitative estimate of drug-likeness (QED) is 0.251. The molecule has 0 fully saturated rings. The number of aliphatic hydroxyl groups excluding tert-OH is 1. The predicted molar refractivity (Wildman–Crippen MR) is 140 cm³/mol. The Kier molecular flexibility index (Phi) is 9.23. The first-order valence-electron chi connectivity index (χ1n) is 10.7. The molecular formula is C29H26O4S. The maximum absolute atomic E-state index is 11.9. The van der Waals surface area contributed by atoms with Gasteiger partial charge in [0.05, 0.1) is 0 Å². The summed E-state index contributed by atoms with van der Waals surface area (Å²) in [4.78, 5) is 24.6. The van der Waals surface area contributed by atoms with Crippen molar-refractivity contribution in [1.82, 2.24) is 0 Å². The van der Waals surface area contributed by atoms with Gasteiger partial charge in [-0.15, -0.1) is 11.3 Å². The molecule has 1 heterocycles. The van der Waals surface area contributed by atoms with Crippen molar-refractivity contribution in [3.8, 4) is 10.4 Å². The van der Waals surface area contributed by atoms with Gasteiger partial charge in [-0.1, -0.05) is 84.9 Å². The number of benzene rings is 4. The Morgan fingerprint density at radius 3 is 2.06 bits per heavy atom. The molecule has 3 aromatic carbocycles. The number of ether oxygens (including phenoxy) is 1. The molecule has 1 aliphatic heterocycles. The highest BCUT2D eigenvalue weighted by molar-refractivity contribution is 7.21. The van der Waals surface area contributed by atoms with E-state index in [0.717, 1.165) is 15.8 Å². The smallest absolute Gasteiger partial charge is 0.195 e.